The van der Waals surface area contributed by atoms with Crippen molar-refractivity contribution >= 4 is 15.9 Å². The molecule has 2 unspecified atom stereocenters. The van der Waals surface area contributed by atoms with Gasteiger partial charge in [0.05, 0.1) is 12.2 Å². The number of hydrogen-bond donors (Lipinski definition) is 0. The van der Waals surface area contributed by atoms with Crippen molar-refractivity contribution in [3.05, 3.63) is 0 Å². The van der Waals surface area contributed by atoms with Gasteiger partial charge in [0.1, 0.15) is 0 Å². The Morgan fingerprint density at radius 2 is 2.06 bits per heavy atom. The summed E-state index contributed by atoms with van der Waals surface area (Å²) in [7, 11) is 0. The highest BCUT2D eigenvalue weighted by molar-refractivity contribution is 9.09. The van der Waals surface area contributed by atoms with Crippen LogP contribution in [0.2, 0.25) is 0 Å². The molecule has 0 bridgehead atoms. The summed E-state index contributed by atoms with van der Waals surface area (Å²) in [5, 5.41) is 1.15. The smallest absolute Gasteiger partial charge is 0.0774 e. The van der Waals surface area contributed by atoms with Crippen LogP contribution in [0.15, 0.2) is 0 Å². The lowest BCUT2D eigenvalue weighted by Crippen LogP contribution is -2.51. The Labute approximate surface area is 113 Å². The third kappa shape index (κ3) is 1.81. The number of fused-ring (bicyclic) bond motifs is 2. The summed E-state index contributed by atoms with van der Waals surface area (Å²) in [6.45, 7) is 9.37. The molecule has 2 heterocycles. The van der Waals surface area contributed by atoms with Gasteiger partial charge in [-0.1, -0.05) is 29.8 Å². The van der Waals surface area contributed by atoms with Gasteiger partial charge in [0, 0.05) is 30.4 Å². The maximum absolute atomic E-state index is 6.23. The molecule has 2 saturated heterocycles. The second-order valence-corrected chi connectivity index (χ2v) is 7.25. The largest absolute Gasteiger partial charge is 0.374 e. The van der Waals surface area contributed by atoms with Crippen LogP contribution in [0.3, 0.4) is 0 Å². The topological polar surface area (TPSA) is 12.5 Å². The van der Waals surface area contributed by atoms with Gasteiger partial charge >= 0.3 is 0 Å². The summed E-state index contributed by atoms with van der Waals surface area (Å²) >= 11 is 3.75. The SMILES string of the molecule is CC(C)CN1CCC2(CC1)OCC1CC12CBr. The van der Waals surface area contributed by atoms with Crippen LogP contribution in [-0.2, 0) is 4.74 Å². The molecule has 2 atom stereocenters. The summed E-state index contributed by atoms with van der Waals surface area (Å²) < 4.78 is 6.23. The quantitative estimate of drug-likeness (QED) is 0.743. The predicted octanol–water partition coefficient (Wildman–Crippen LogP) is 2.91. The molecule has 0 aromatic heterocycles. The van der Waals surface area contributed by atoms with Crippen LogP contribution >= 0.6 is 15.9 Å². The van der Waals surface area contributed by atoms with Crippen molar-refractivity contribution in [2.75, 3.05) is 31.6 Å². The number of nitrogens with zero attached hydrogens (tertiary/aromatic N) is 1. The average Bonchev–Trinajstić information content (AvgIpc) is 2.97. The van der Waals surface area contributed by atoms with E-state index in [1.165, 1.54) is 38.9 Å². The summed E-state index contributed by atoms with van der Waals surface area (Å²) in [5.74, 6) is 1.64. The normalized spacial score (nSPS) is 39.9. The van der Waals surface area contributed by atoms with E-state index in [2.05, 4.69) is 34.7 Å². The Morgan fingerprint density at radius 1 is 1.35 bits per heavy atom. The van der Waals surface area contributed by atoms with Crippen molar-refractivity contribution in [3.63, 3.8) is 0 Å². The minimum Gasteiger partial charge on any atom is -0.374 e. The molecule has 0 radical (unpaired) electrons. The summed E-state index contributed by atoms with van der Waals surface area (Å²) in [6, 6.07) is 0. The van der Waals surface area contributed by atoms with Crippen molar-refractivity contribution in [2.24, 2.45) is 17.3 Å². The Hall–Kier alpha value is 0.400. The molecule has 0 aromatic carbocycles. The monoisotopic (exact) mass is 301 g/mol. The first kappa shape index (κ1) is 12.4. The fraction of sp³-hybridized carbons (Fsp3) is 1.00. The molecule has 0 amide bonds. The van der Waals surface area contributed by atoms with Gasteiger partial charge < -0.3 is 9.64 Å². The minimum absolute atomic E-state index is 0.231. The molecule has 1 saturated carbocycles. The number of alkyl halides is 1. The molecule has 3 fully saturated rings. The lowest BCUT2D eigenvalue weighted by atomic mass is 9.77. The summed E-state index contributed by atoms with van der Waals surface area (Å²) in [4.78, 5) is 2.62. The molecule has 1 aliphatic carbocycles. The predicted molar refractivity (Wildman–Crippen MR) is 73.5 cm³/mol. The van der Waals surface area contributed by atoms with Gasteiger partial charge in [-0.3, -0.25) is 0 Å². The lowest BCUT2D eigenvalue weighted by Gasteiger charge is -2.44. The van der Waals surface area contributed by atoms with Crippen LogP contribution in [0.1, 0.15) is 33.1 Å². The second kappa shape index (κ2) is 4.21. The molecule has 0 N–H and O–H groups in total. The van der Waals surface area contributed by atoms with Gasteiger partial charge in [-0.2, -0.15) is 0 Å². The molecular formula is C14H24BrNO. The average molecular weight is 302 g/mol. The highest BCUT2D eigenvalue weighted by Crippen LogP contribution is 2.69. The molecular weight excluding hydrogens is 278 g/mol. The molecule has 2 nitrogen and oxygen atoms in total. The van der Waals surface area contributed by atoms with Gasteiger partial charge in [-0.25, -0.2) is 0 Å². The zero-order valence-electron chi connectivity index (χ0n) is 11.0. The van der Waals surface area contributed by atoms with Crippen molar-refractivity contribution in [2.45, 2.75) is 38.7 Å². The van der Waals surface area contributed by atoms with E-state index >= 15 is 0 Å². The van der Waals surface area contributed by atoms with Gasteiger partial charge in [0.15, 0.2) is 0 Å². The highest BCUT2D eigenvalue weighted by Gasteiger charge is 2.71. The molecule has 3 heteroatoms. The Bertz CT molecular complexity index is 295. The van der Waals surface area contributed by atoms with Crippen molar-refractivity contribution in [1.82, 2.24) is 4.90 Å². The van der Waals surface area contributed by atoms with E-state index in [1.807, 2.05) is 0 Å². The van der Waals surface area contributed by atoms with Crippen molar-refractivity contribution < 1.29 is 4.74 Å². The van der Waals surface area contributed by atoms with Crippen LogP contribution in [0.25, 0.3) is 0 Å². The fourth-order valence-electron chi connectivity index (χ4n) is 4.10. The molecule has 3 aliphatic rings. The van der Waals surface area contributed by atoms with E-state index in [4.69, 9.17) is 4.74 Å². The first-order valence-corrected chi connectivity index (χ1v) is 8.16. The Morgan fingerprint density at radius 3 is 2.59 bits per heavy atom. The number of piperidine rings is 1. The van der Waals surface area contributed by atoms with Crippen LogP contribution in [0.5, 0.6) is 0 Å². The van der Waals surface area contributed by atoms with Gasteiger partial charge in [-0.05, 0) is 31.1 Å². The zero-order chi connectivity index (χ0) is 12.1. The fourth-order valence-corrected chi connectivity index (χ4v) is 5.30. The van der Waals surface area contributed by atoms with Gasteiger partial charge in [-0.15, -0.1) is 0 Å². The third-order valence-corrected chi connectivity index (χ3v) is 6.23. The zero-order valence-corrected chi connectivity index (χ0v) is 12.6. The Kier molecular flexibility index (Phi) is 3.08. The van der Waals surface area contributed by atoms with E-state index in [0.717, 1.165) is 23.8 Å². The molecule has 17 heavy (non-hydrogen) atoms. The van der Waals surface area contributed by atoms with Crippen LogP contribution < -0.4 is 0 Å². The molecule has 2 aliphatic heterocycles. The lowest BCUT2D eigenvalue weighted by molar-refractivity contribution is -0.0891. The molecule has 98 valence electrons. The van der Waals surface area contributed by atoms with Gasteiger partial charge in [0.25, 0.3) is 0 Å². The number of halogens is 1. The van der Waals surface area contributed by atoms with E-state index < -0.39 is 0 Å². The second-order valence-electron chi connectivity index (χ2n) is 6.69. The van der Waals surface area contributed by atoms with Crippen molar-refractivity contribution in [1.29, 1.82) is 0 Å². The van der Waals surface area contributed by atoms with E-state index in [0.29, 0.717) is 5.41 Å². The highest BCUT2D eigenvalue weighted by atomic mass is 79.9. The standard InChI is InChI=1S/C14H24BrNO/c1-11(2)8-16-5-3-14(4-6-16)13(10-15)7-12(13)9-17-14/h11-12H,3-10H2,1-2H3. The maximum Gasteiger partial charge on any atom is 0.0774 e. The Balaban J connectivity index is 1.64. The summed E-state index contributed by atoms with van der Waals surface area (Å²) in [6.07, 6.45) is 3.91. The first-order chi connectivity index (χ1) is 8.12. The molecule has 0 aromatic rings. The maximum atomic E-state index is 6.23. The van der Waals surface area contributed by atoms with Gasteiger partial charge in [0.2, 0.25) is 0 Å². The number of rotatable bonds is 3. The number of hydrogen-bond acceptors (Lipinski definition) is 2. The van der Waals surface area contributed by atoms with Crippen LogP contribution in [0.4, 0.5) is 0 Å². The summed E-state index contributed by atoms with van der Waals surface area (Å²) in [5.41, 5.74) is 0.742. The van der Waals surface area contributed by atoms with Crippen LogP contribution in [0, 0.1) is 17.3 Å². The number of ether oxygens (including phenoxy) is 1. The number of likely N-dealkylation sites (tertiary alicyclic amines) is 1. The van der Waals surface area contributed by atoms with E-state index in [-0.39, 0.29) is 5.60 Å². The minimum atomic E-state index is 0.231. The molecule has 1 spiro atoms. The van der Waals surface area contributed by atoms with Crippen molar-refractivity contribution in [3.8, 4) is 0 Å². The first-order valence-electron chi connectivity index (χ1n) is 7.04. The third-order valence-electron chi connectivity index (χ3n) is 5.23. The van der Waals surface area contributed by atoms with E-state index in [1.54, 1.807) is 0 Å². The van der Waals surface area contributed by atoms with Crippen LogP contribution in [-0.4, -0.2) is 42.1 Å². The molecule has 3 rings (SSSR count). The van der Waals surface area contributed by atoms with E-state index in [9.17, 15) is 0 Å².